The van der Waals surface area contributed by atoms with Gasteiger partial charge in [-0.25, -0.2) is 9.79 Å². The van der Waals surface area contributed by atoms with Crippen molar-refractivity contribution in [3.05, 3.63) is 84.5 Å². The second-order valence-corrected chi connectivity index (χ2v) is 10.4. The molecular weight excluding hydrogens is 520 g/mol. The summed E-state index contributed by atoms with van der Waals surface area (Å²) in [5.74, 6) is 0.295. The lowest BCUT2D eigenvalue weighted by Gasteiger charge is -2.25. The van der Waals surface area contributed by atoms with Gasteiger partial charge in [0.05, 0.1) is 42.7 Å². The zero-order valence-electron chi connectivity index (χ0n) is 22.6. The smallest absolute Gasteiger partial charge is 0.338 e. The van der Waals surface area contributed by atoms with E-state index >= 15 is 0 Å². The number of rotatable bonds is 8. The van der Waals surface area contributed by atoms with Gasteiger partial charge in [0.15, 0.2) is 16.3 Å². The first-order valence-electron chi connectivity index (χ1n) is 12.3. The van der Waals surface area contributed by atoms with Gasteiger partial charge >= 0.3 is 11.9 Å². The van der Waals surface area contributed by atoms with E-state index < -0.39 is 18.0 Å². The van der Waals surface area contributed by atoms with Crippen LogP contribution in [0.3, 0.4) is 0 Å². The summed E-state index contributed by atoms with van der Waals surface area (Å²) >= 11 is 1.23. The molecule has 39 heavy (non-hydrogen) atoms. The lowest BCUT2D eigenvalue weighted by Crippen LogP contribution is -2.40. The normalized spacial score (nSPS) is 15.1. The molecule has 0 saturated heterocycles. The van der Waals surface area contributed by atoms with Crippen molar-refractivity contribution in [1.29, 1.82) is 0 Å². The molecule has 4 rings (SSSR count). The largest absolute Gasteiger partial charge is 0.497 e. The van der Waals surface area contributed by atoms with Crippen LogP contribution in [-0.2, 0) is 14.3 Å². The van der Waals surface area contributed by atoms with E-state index in [2.05, 4.69) is 4.99 Å². The summed E-state index contributed by atoms with van der Waals surface area (Å²) in [4.78, 5) is 43.8. The van der Waals surface area contributed by atoms with Crippen LogP contribution < -0.4 is 29.1 Å². The van der Waals surface area contributed by atoms with E-state index in [1.54, 1.807) is 38.3 Å². The van der Waals surface area contributed by atoms with Crippen molar-refractivity contribution >= 4 is 29.4 Å². The number of aromatic nitrogens is 1. The summed E-state index contributed by atoms with van der Waals surface area (Å²) in [5.41, 5.74) is 1.79. The molecule has 2 heterocycles. The third kappa shape index (κ3) is 5.96. The van der Waals surface area contributed by atoms with E-state index in [0.717, 1.165) is 5.56 Å². The number of carbonyl (C=O) groups excluding carboxylic acids is 2. The zero-order valence-corrected chi connectivity index (χ0v) is 23.5. The molecule has 1 atom stereocenters. The van der Waals surface area contributed by atoms with Crippen molar-refractivity contribution < 1.29 is 28.5 Å². The van der Waals surface area contributed by atoms with Crippen molar-refractivity contribution in [1.82, 2.24) is 4.57 Å². The number of thiazole rings is 1. The molecule has 0 bridgehead atoms. The van der Waals surface area contributed by atoms with Crippen LogP contribution in [0.2, 0.25) is 0 Å². The molecule has 0 spiro atoms. The Bertz CT molecular complexity index is 1610. The number of nitrogens with zero attached hydrogens (tertiary/aromatic N) is 2. The van der Waals surface area contributed by atoms with Crippen molar-refractivity contribution in [2.75, 3.05) is 20.8 Å². The lowest BCUT2D eigenvalue weighted by molar-refractivity contribution is -0.140. The highest BCUT2D eigenvalue weighted by atomic mass is 32.1. The highest BCUT2D eigenvalue weighted by molar-refractivity contribution is 7.07. The van der Waals surface area contributed by atoms with Gasteiger partial charge in [0, 0.05) is 6.92 Å². The first-order chi connectivity index (χ1) is 18.6. The average molecular weight is 551 g/mol. The number of methoxy groups -OCH3 is 2. The van der Waals surface area contributed by atoms with Crippen molar-refractivity contribution in [2.45, 2.75) is 33.7 Å². The van der Waals surface area contributed by atoms with E-state index in [-0.39, 0.29) is 35.2 Å². The Labute approximate surface area is 229 Å². The van der Waals surface area contributed by atoms with E-state index in [9.17, 15) is 14.4 Å². The Morgan fingerprint density at radius 2 is 1.79 bits per heavy atom. The quantitative estimate of drug-likeness (QED) is 0.313. The molecule has 10 heteroatoms. The summed E-state index contributed by atoms with van der Waals surface area (Å²) in [6, 6.07) is 11.4. The van der Waals surface area contributed by atoms with Gasteiger partial charge in [0.1, 0.15) is 5.75 Å². The molecule has 2 aromatic carbocycles. The summed E-state index contributed by atoms with van der Waals surface area (Å²) in [7, 11) is 3.04. The molecule has 1 aliphatic rings. The predicted molar refractivity (Wildman–Crippen MR) is 147 cm³/mol. The molecule has 1 aliphatic heterocycles. The van der Waals surface area contributed by atoms with E-state index in [1.807, 2.05) is 38.1 Å². The first kappa shape index (κ1) is 27.8. The van der Waals surface area contributed by atoms with Crippen molar-refractivity contribution in [2.24, 2.45) is 10.9 Å². The lowest BCUT2D eigenvalue weighted by atomic mass is 9.95. The van der Waals surface area contributed by atoms with Gasteiger partial charge in [0.2, 0.25) is 0 Å². The highest BCUT2D eigenvalue weighted by Gasteiger charge is 2.34. The van der Waals surface area contributed by atoms with Crippen molar-refractivity contribution in [3.63, 3.8) is 0 Å². The molecule has 0 fully saturated rings. The molecule has 9 nitrogen and oxygen atoms in total. The number of fused-ring (bicyclic) bond motifs is 1. The Balaban J connectivity index is 1.90. The third-order valence-corrected chi connectivity index (χ3v) is 6.94. The number of hydrogen-bond donors (Lipinski definition) is 0. The molecule has 0 saturated carbocycles. The van der Waals surface area contributed by atoms with E-state index in [4.69, 9.17) is 18.9 Å². The fraction of sp³-hybridized carbons (Fsp3) is 0.310. The molecule has 3 aromatic rings. The number of hydrogen-bond acceptors (Lipinski definition) is 9. The maximum atomic E-state index is 13.8. The molecule has 0 unspecified atom stereocenters. The van der Waals surface area contributed by atoms with Gasteiger partial charge in [-0.15, -0.1) is 0 Å². The minimum atomic E-state index is -0.834. The number of allylic oxidation sites excluding steroid dienone is 1. The van der Waals surface area contributed by atoms with Crippen LogP contribution >= 0.6 is 11.3 Å². The minimum Gasteiger partial charge on any atom is -0.497 e. The van der Waals surface area contributed by atoms with Gasteiger partial charge in [-0.2, -0.15) is 0 Å². The summed E-state index contributed by atoms with van der Waals surface area (Å²) in [6.45, 7) is 7.13. The Morgan fingerprint density at radius 3 is 2.41 bits per heavy atom. The molecule has 1 aromatic heterocycles. The van der Waals surface area contributed by atoms with Crippen LogP contribution in [0.4, 0.5) is 0 Å². The Morgan fingerprint density at radius 1 is 1.08 bits per heavy atom. The maximum absolute atomic E-state index is 13.8. The van der Waals surface area contributed by atoms with Gasteiger partial charge in [-0.3, -0.25) is 14.2 Å². The average Bonchev–Trinajstić information content (AvgIpc) is 3.20. The standard InChI is InChI=1S/C29H30N2O7S/c1-16(2)15-37-28(34)25-17(3)30-29-31(26(25)20-9-12-22(38-18(4)32)23(14-20)36-6)27(33)24(39-29)13-19-7-10-21(35-5)11-8-19/h7-14,16,26H,15H2,1-6H3/b24-13+/t26-/m1/s1. The topological polar surface area (TPSA) is 105 Å². The molecule has 0 N–H and O–H groups in total. The van der Waals surface area contributed by atoms with Crippen LogP contribution in [-0.4, -0.2) is 37.3 Å². The monoisotopic (exact) mass is 550 g/mol. The molecule has 204 valence electrons. The Hall–Kier alpha value is -4.18. The summed E-state index contributed by atoms with van der Waals surface area (Å²) in [6.07, 6.45) is 1.78. The Kier molecular flexibility index (Phi) is 8.35. The molecular formula is C29H30N2O7S. The zero-order chi connectivity index (χ0) is 28.3. The SMILES string of the molecule is COc1ccc(/C=c2/sc3n(c2=O)[C@H](c2ccc(OC(C)=O)c(OC)c2)C(C(=O)OCC(C)C)=C(C)N=3)cc1. The third-order valence-electron chi connectivity index (χ3n) is 5.96. The van der Waals surface area contributed by atoms with Crippen molar-refractivity contribution in [3.8, 4) is 17.2 Å². The fourth-order valence-electron chi connectivity index (χ4n) is 4.16. The molecule has 0 aliphatic carbocycles. The van der Waals surface area contributed by atoms with Gasteiger partial charge in [-0.1, -0.05) is 43.4 Å². The number of benzene rings is 2. The predicted octanol–water partition coefficient (Wildman–Crippen LogP) is 3.38. The summed E-state index contributed by atoms with van der Waals surface area (Å²) < 4.78 is 23.5. The van der Waals surface area contributed by atoms with E-state index in [0.29, 0.717) is 26.3 Å². The van der Waals surface area contributed by atoms with Gasteiger partial charge in [-0.05, 0) is 54.3 Å². The van der Waals surface area contributed by atoms with Gasteiger partial charge in [0.25, 0.3) is 5.56 Å². The highest BCUT2D eigenvalue weighted by Crippen LogP contribution is 2.36. The van der Waals surface area contributed by atoms with Crippen LogP contribution in [0.5, 0.6) is 17.2 Å². The molecule has 0 radical (unpaired) electrons. The first-order valence-corrected chi connectivity index (χ1v) is 13.1. The number of esters is 2. The van der Waals surface area contributed by atoms with Crippen LogP contribution in [0, 0.1) is 5.92 Å². The van der Waals surface area contributed by atoms with E-state index in [1.165, 1.54) is 29.9 Å². The van der Waals surface area contributed by atoms with Crippen LogP contribution in [0.25, 0.3) is 6.08 Å². The maximum Gasteiger partial charge on any atom is 0.338 e. The summed E-state index contributed by atoms with van der Waals surface area (Å²) in [5, 5.41) is 0. The number of carbonyl (C=O) groups is 2. The fourth-order valence-corrected chi connectivity index (χ4v) is 5.21. The second-order valence-electron chi connectivity index (χ2n) is 9.35. The molecule has 0 amide bonds. The second kappa shape index (κ2) is 11.7. The van der Waals surface area contributed by atoms with Crippen LogP contribution in [0.15, 0.2) is 63.5 Å². The minimum absolute atomic E-state index is 0.127. The van der Waals surface area contributed by atoms with Crippen LogP contribution in [0.1, 0.15) is 44.9 Å². The number of ether oxygens (including phenoxy) is 4. The van der Waals surface area contributed by atoms with Gasteiger partial charge < -0.3 is 18.9 Å².